The largest absolute Gasteiger partial charge is 0.497 e. The summed E-state index contributed by atoms with van der Waals surface area (Å²) in [5.74, 6) is 1.34. The van der Waals surface area contributed by atoms with Gasteiger partial charge in [-0.3, -0.25) is 4.79 Å². The standard InChI is InChI=1S/C19H21NO3/c1-22-15-10-14(11-16(12-15)23-2)19(21)18-9-8-17(20-18)13-6-4-3-5-7-13/h3-7,10-12,17-18,20H,8-9H2,1-2H3/t17-,18+/m1/s1. The molecule has 1 fully saturated rings. The molecule has 0 radical (unpaired) electrons. The van der Waals surface area contributed by atoms with Gasteiger partial charge in [0.25, 0.3) is 0 Å². The first kappa shape index (κ1) is 15.6. The van der Waals surface area contributed by atoms with Gasteiger partial charge in [-0.25, -0.2) is 0 Å². The number of hydrogen-bond acceptors (Lipinski definition) is 4. The molecule has 1 N–H and O–H groups in total. The molecule has 0 saturated carbocycles. The molecule has 1 saturated heterocycles. The number of benzene rings is 2. The number of rotatable bonds is 5. The fourth-order valence-corrected chi connectivity index (χ4v) is 3.05. The highest BCUT2D eigenvalue weighted by molar-refractivity contribution is 6.01. The average molecular weight is 311 g/mol. The summed E-state index contributed by atoms with van der Waals surface area (Å²) in [6.45, 7) is 0. The van der Waals surface area contributed by atoms with Crippen LogP contribution in [0, 0.1) is 0 Å². The Hall–Kier alpha value is -2.33. The Kier molecular flexibility index (Phi) is 4.63. The summed E-state index contributed by atoms with van der Waals surface area (Å²) in [6, 6.07) is 15.6. The van der Waals surface area contributed by atoms with E-state index in [0.717, 1.165) is 12.8 Å². The van der Waals surface area contributed by atoms with Gasteiger partial charge in [0.1, 0.15) is 11.5 Å². The first-order chi connectivity index (χ1) is 11.2. The van der Waals surface area contributed by atoms with Gasteiger partial charge in [-0.1, -0.05) is 30.3 Å². The fraction of sp³-hybridized carbons (Fsp3) is 0.316. The van der Waals surface area contributed by atoms with Crippen molar-refractivity contribution in [2.24, 2.45) is 0 Å². The minimum absolute atomic E-state index is 0.0839. The van der Waals surface area contributed by atoms with Crippen LogP contribution in [-0.4, -0.2) is 26.0 Å². The van der Waals surface area contributed by atoms with E-state index in [2.05, 4.69) is 17.4 Å². The first-order valence-corrected chi connectivity index (χ1v) is 7.79. The number of Topliss-reactive ketones (excluding diaryl/α,β-unsaturated/α-hetero) is 1. The molecule has 1 heterocycles. The van der Waals surface area contributed by atoms with Crippen molar-refractivity contribution in [3.05, 3.63) is 59.7 Å². The monoisotopic (exact) mass is 311 g/mol. The Morgan fingerprint density at radius 3 is 2.26 bits per heavy atom. The summed E-state index contributed by atoms with van der Waals surface area (Å²) in [7, 11) is 3.17. The van der Waals surface area contributed by atoms with Crippen LogP contribution >= 0.6 is 0 Å². The van der Waals surface area contributed by atoms with E-state index in [1.54, 1.807) is 32.4 Å². The number of nitrogens with one attached hydrogen (secondary N) is 1. The lowest BCUT2D eigenvalue weighted by molar-refractivity contribution is 0.0949. The predicted octanol–water partition coefficient (Wildman–Crippen LogP) is 3.38. The second-order valence-corrected chi connectivity index (χ2v) is 5.73. The maximum absolute atomic E-state index is 12.8. The highest BCUT2D eigenvalue weighted by Crippen LogP contribution is 2.29. The van der Waals surface area contributed by atoms with E-state index in [1.807, 2.05) is 18.2 Å². The summed E-state index contributed by atoms with van der Waals surface area (Å²) >= 11 is 0. The topological polar surface area (TPSA) is 47.6 Å². The molecule has 2 atom stereocenters. The van der Waals surface area contributed by atoms with E-state index in [1.165, 1.54) is 5.56 Å². The fourth-order valence-electron chi connectivity index (χ4n) is 3.05. The van der Waals surface area contributed by atoms with Gasteiger partial charge in [0.2, 0.25) is 0 Å². The average Bonchev–Trinajstić information content (AvgIpc) is 3.11. The Morgan fingerprint density at radius 2 is 1.65 bits per heavy atom. The van der Waals surface area contributed by atoms with Crippen molar-refractivity contribution in [2.75, 3.05) is 14.2 Å². The Balaban J connectivity index is 1.77. The second kappa shape index (κ2) is 6.84. The summed E-state index contributed by atoms with van der Waals surface area (Å²) in [5, 5.41) is 3.45. The van der Waals surface area contributed by atoms with E-state index in [4.69, 9.17) is 9.47 Å². The summed E-state index contributed by atoms with van der Waals surface area (Å²) < 4.78 is 10.5. The number of carbonyl (C=O) groups excluding carboxylic acids is 1. The third-order valence-electron chi connectivity index (χ3n) is 4.30. The van der Waals surface area contributed by atoms with Crippen molar-refractivity contribution in [2.45, 2.75) is 24.9 Å². The Morgan fingerprint density at radius 1 is 1.00 bits per heavy atom. The number of methoxy groups -OCH3 is 2. The molecule has 1 aliphatic heterocycles. The molecule has 1 aliphatic rings. The van der Waals surface area contributed by atoms with Crippen LogP contribution in [-0.2, 0) is 0 Å². The smallest absolute Gasteiger partial charge is 0.180 e. The lowest BCUT2D eigenvalue weighted by Gasteiger charge is -2.15. The lowest BCUT2D eigenvalue weighted by atomic mass is 10.0. The molecule has 0 spiro atoms. The van der Waals surface area contributed by atoms with Crippen molar-refractivity contribution in [3.63, 3.8) is 0 Å². The Labute approximate surface area is 136 Å². The number of ether oxygens (including phenoxy) is 2. The highest BCUT2D eigenvalue weighted by Gasteiger charge is 2.30. The third-order valence-corrected chi connectivity index (χ3v) is 4.30. The van der Waals surface area contributed by atoms with E-state index in [9.17, 15) is 4.79 Å². The van der Waals surface area contributed by atoms with Gasteiger partial charge in [-0.15, -0.1) is 0 Å². The molecule has 2 aromatic carbocycles. The van der Waals surface area contributed by atoms with Crippen LogP contribution in [0.4, 0.5) is 0 Å². The highest BCUT2D eigenvalue weighted by atomic mass is 16.5. The predicted molar refractivity (Wildman–Crippen MR) is 89.2 cm³/mol. The minimum atomic E-state index is -0.169. The van der Waals surface area contributed by atoms with E-state index in [0.29, 0.717) is 17.1 Å². The molecule has 23 heavy (non-hydrogen) atoms. The lowest BCUT2D eigenvalue weighted by Crippen LogP contribution is -2.32. The van der Waals surface area contributed by atoms with Crippen LogP contribution in [0.3, 0.4) is 0 Å². The molecule has 0 unspecified atom stereocenters. The van der Waals surface area contributed by atoms with Gasteiger partial charge in [-0.05, 0) is 30.5 Å². The molecule has 3 rings (SSSR count). The molecule has 120 valence electrons. The van der Waals surface area contributed by atoms with Crippen molar-refractivity contribution in [1.82, 2.24) is 5.32 Å². The molecular formula is C19H21NO3. The van der Waals surface area contributed by atoms with Crippen molar-refractivity contribution < 1.29 is 14.3 Å². The summed E-state index contributed by atoms with van der Waals surface area (Å²) in [5.41, 5.74) is 1.85. The Bertz CT molecular complexity index is 662. The van der Waals surface area contributed by atoms with Crippen molar-refractivity contribution >= 4 is 5.78 Å². The first-order valence-electron chi connectivity index (χ1n) is 7.79. The van der Waals surface area contributed by atoms with Gasteiger partial charge >= 0.3 is 0 Å². The number of ketones is 1. The van der Waals surface area contributed by atoms with Gasteiger partial charge in [-0.2, -0.15) is 0 Å². The van der Waals surface area contributed by atoms with E-state index < -0.39 is 0 Å². The summed E-state index contributed by atoms with van der Waals surface area (Å²) in [4.78, 5) is 12.8. The maximum atomic E-state index is 12.8. The number of carbonyl (C=O) groups is 1. The molecule has 0 aliphatic carbocycles. The molecule has 0 bridgehead atoms. The van der Waals surface area contributed by atoms with Crippen LogP contribution in [0.2, 0.25) is 0 Å². The molecular weight excluding hydrogens is 290 g/mol. The van der Waals surface area contributed by atoms with Crippen LogP contribution < -0.4 is 14.8 Å². The molecule has 4 nitrogen and oxygen atoms in total. The molecule has 4 heteroatoms. The van der Waals surface area contributed by atoms with E-state index in [-0.39, 0.29) is 17.9 Å². The molecule has 0 amide bonds. The maximum Gasteiger partial charge on any atom is 0.180 e. The minimum Gasteiger partial charge on any atom is -0.497 e. The van der Waals surface area contributed by atoms with Crippen LogP contribution in [0.5, 0.6) is 11.5 Å². The van der Waals surface area contributed by atoms with Gasteiger partial charge in [0.05, 0.1) is 20.3 Å². The summed E-state index contributed by atoms with van der Waals surface area (Å²) in [6.07, 6.45) is 1.79. The van der Waals surface area contributed by atoms with Crippen LogP contribution in [0.1, 0.15) is 34.8 Å². The van der Waals surface area contributed by atoms with Gasteiger partial charge in [0, 0.05) is 17.7 Å². The zero-order chi connectivity index (χ0) is 16.2. The normalized spacial score (nSPS) is 20.3. The zero-order valence-corrected chi connectivity index (χ0v) is 13.4. The zero-order valence-electron chi connectivity index (χ0n) is 13.4. The van der Waals surface area contributed by atoms with Crippen molar-refractivity contribution in [3.8, 4) is 11.5 Å². The van der Waals surface area contributed by atoms with Gasteiger partial charge < -0.3 is 14.8 Å². The van der Waals surface area contributed by atoms with E-state index >= 15 is 0 Å². The second-order valence-electron chi connectivity index (χ2n) is 5.73. The number of hydrogen-bond donors (Lipinski definition) is 1. The van der Waals surface area contributed by atoms with Gasteiger partial charge in [0.15, 0.2) is 5.78 Å². The quantitative estimate of drug-likeness (QED) is 0.860. The van der Waals surface area contributed by atoms with Crippen LogP contribution in [0.25, 0.3) is 0 Å². The van der Waals surface area contributed by atoms with Crippen LogP contribution in [0.15, 0.2) is 48.5 Å². The third kappa shape index (κ3) is 3.37. The molecule has 0 aromatic heterocycles. The van der Waals surface area contributed by atoms with Crippen molar-refractivity contribution in [1.29, 1.82) is 0 Å². The SMILES string of the molecule is COc1cc(OC)cc(C(=O)[C@@H]2CC[C@H](c3ccccc3)N2)c1. The molecule has 2 aromatic rings.